The maximum absolute atomic E-state index is 10.5. The number of carbonyl (C=O) groups is 1. The number of halogens is 1. The molecule has 0 fully saturated rings. The molecule has 67 valence electrons. The van der Waals surface area contributed by atoms with Crippen LogP contribution in [-0.2, 0) is 37.5 Å². The molecule has 1 aliphatic heterocycles. The topological polar surface area (TPSA) is 40.5 Å². The van der Waals surface area contributed by atoms with Crippen LogP contribution >= 0.6 is 22.6 Å². The van der Waals surface area contributed by atoms with Gasteiger partial charge in [0.25, 0.3) is 0 Å². The quantitative estimate of drug-likeness (QED) is 0.566. The van der Waals surface area contributed by atoms with E-state index in [4.69, 9.17) is 5.11 Å². The van der Waals surface area contributed by atoms with Crippen molar-refractivity contribution in [3.05, 3.63) is 33.7 Å². The van der Waals surface area contributed by atoms with Crippen molar-refractivity contribution < 1.29 is 42.6 Å². The first kappa shape index (κ1) is 13.3. The second-order valence-electron chi connectivity index (χ2n) is 2.33. The number of carboxylic acids is 1. The largest absolute Gasteiger partial charge is 0.521 e. The Bertz CT molecular complexity index is 309. The molecule has 0 saturated heterocycles. The average molecular weight is 365 g/mol. The van der Waals surface area contributed by atoms with Gasteiger partial charge in [0.05, 0.1) is 0 Å². The van der Waals surface area contributed by atoms with Gasteiger partial charge in [0.15, 0.2) is 0 Å². The molecule has 1 N–H and O–H groups in total. The molecule has 0 spiro atoms. The van der Waals surface area contributed by atoms with Gasteiger partial charge >= 0.3 is 0 Å². The molecule has 0 aromatic rings. The standard InChI is InChI=1S/C8H7INO2.Y/c1-5-7(9)3-6(8(11)12)4-10(5)2;/h3H,1H2,2H3,(H,11,12);/q-1;. The van der Waals surface area contributed by atoms with Crippen molar-refractivity contribution in [3.63, 3.8) is 0 Å². The van der Waals surface area contributed by atoms with Crippen molar-refractivity contribution >= 4 is 28.6 Å². The molecule has 13 heavy (non-hydrogen) atoms. The fourth-order valence-electron chi connectivity index (χ4n) is 0.760. The van der Waals surface area contributed by atoms with Gasteiger partial charge < -0.3 is 14.8 Å². The summed E-state index contributed by atoms with van der Waals surface area (Å²) in [6.07, 6.45) is 4.21. The van der Waals surface area contributed by atoms with Crippen LogP contribution in [0.3, 0.4) is 0 Å². The smallest absolute Gasteiger partial charge is 0.249 e. The first-order chi connectivity index (χ1) is 5.52. The third-order valence-corrected chi connectivity index (χ3v) is 2.40. The third kappa shape index (κ3) is 3.18. The zero-order valence-electron chi connectivity index (χ0n) is 7.04. The van der Waals surface area contributed by atoms with Crippen molar-refractivity contribution in [2.75, 3.05) is 7.05 Å². The Balaban J connectivity index is 0.00000144. The minimum absolute atomic E-state index is 0. The van der Waals surface area contributed by atoms with Gasteiger partial charge in [-0.2, -0.15) is 0 Å². The number of nitrogens with zero attached hydrogens (tertiary/aromatic N) is 1. The van der Waals surface area contributed by atoms with Crippen molar-refractivity contribution in [1.82, 2.24) is 4.90 Å². The molecule has 0 aromatic heterocycles. The van der Waals surface area contributed by atoms with E-state index >= 15 is 0 Å². The van der Waals surface area contributed by atoms with E-state index < -0.39 is 5.97 Å². The number of likely N-dealkylation sites (N-methyl/N-ethyl adjacent to an activating group) is 1. The molecule has 0 saturated carbocycles. The molecule has 1 aliphatic rings. The molecule has 1 rings (SSSR count). The summed E-state index contributed by atoms with van der Waals surface area (Å²) in [6, 6.07) is 0. The minimum atomic E-state index is -0.969. The zero-order chi connectivity index (χ0) is 9.30. The molecule has 1 heterocycles. The first-order valence-electron chi connectivity index (χ1n) is 3.19. The summed E-state index contributed by atoms with van der Waals surface area (Å²) in [7, 11) is 1.72. The molecule has 0 amide bonds. The Hall–Kier alpha value is 0.324. The Labute approximate surface area is 116 Å². The summed E-state index contributed by atoms with van der Waals surface area (Å²) < 4.78 is 0.825. The van der Waals surface area contributed by atoms with Crippen LogP contribution in [0.1, 0.15) is 0 Å². The van der Waals surface area contributed by atoms with Gasteiger partial charge in [-0.25, -0.2) is 0 Å². The number of hydrogen-bond acceptors (Lipinski definition) is 2. The molecule has 0 aromatic carbocycles. The SMILES string of the molecule is C=C1C(I)=CC(C(=O)O)=[C-]N1C.[Y]. The van der Waals surface area contributed by atoms with Gasteiger partial charge in [0.1, 0.15) is 0 Å². The van der Waals surface area contributed by atoms with Gasteiger partial charge in [-0.05, 0) is 21.9 Å². The van der Waals surface area contributed by atoms with Crippen LogP contribution in [-0.4, -0.2) is 23.0 Å². The van der Waals surface area contributed by atoms with E-state index in [1.165, 1.54) is 0 Å². The number of allylic oxidation sites excluding steroid dienone is 1. The summed E-state index contributed by atoms with van der Waals surface area (Å²) in [6.45, 7) is 3.75. The molecule has 0 bridgehead atoms. The molecule has 0 atom stereocenters. The van der Waals surface area contributed by atoms with E-state index in [1.807, 2.05) is 22.6 Å². The summed E-state index contributed by atoms with van der Waals surface area (Å²) in [4.78, 5) is 12.1. The predicted octanol–water partition coefficient (Wildman–Crippen LogP) is 1.53. The van der Waals surface area contributed by atoms with Crippen LogP contribution in [0.4, 0.5) is 0 Å². The molecule has 1 radical (unpaired) electrons. The van der Waals surface area contributed by atoms with Gasteiger partial charge in [-0.15, -0.1) is 12.7 Å². The Morgan fingerprint density at radius 3 is 2.69 bits per heavy atom. The number of hydrogen-bond donors (Lipinski definition) is 1. The van der Waals surface area contributed by atoms with Gasteiger partial charge in [0, 0.05) is 32.7 Å². The third-order valence-electron chi connectivity index (χ3n) is 1.47. The Kier molecular flexibility index (Phi) is 5.40. The summed E-state index contributed by atoms with van der Waals surface area (Å²) in [5, 5.41) is 8.66. The van der Waals surface area contributed by atoms with Crippen LogP contribution in [0.15, 0.2) is 27.5 Å². The fourth-order valence-corrected chi connectivity index (χ4v) is 1.43. The van der Waals surface area contributed by atoms with Crippen LogP contribution in [0, 0.1) is 6.20 Å². The van der Waals surface area contributed by atoms with E-state index in [2.05, 4.69) is 12.8 Å². The van der Waals surface area contributed by atoms with E-state index in [9.17, 15) is 4.79 Å². The second-order valence-corrected chi connectivity index (χ2v) is 3.49. The minimum Gasteiger partial charge on any atom is -0.521 e. The van der Waals surface area contributed by atoms with Gasteiger partial charge in [-0.3, -0.25) is 0 Å². The molecule has 5 heteroatoms. The molecular weight excluding hydrogens is 358 g/mol. The van der Waals surface area contributed by atoms with Crippen LogP contribution in [0.2, 0.25) is 0 Å². The molecule has 0 unspecified atom stereocenters. The normalized spacial score (nSPS) is 15.8. The monoisotopic (exact) mass is 365 g/mol. The van der Waals surface area contributed by atoms with E-state index in [0.717, 1.165) is 9.28 Å². The molecule has 0 aliphatic carbocycles. The summed E-state index contributed by atoms with van der Waals surface area (Å²) in [5.41, 5.74) is 0.926. The first-order valence-corrected chi connectivity index (χ1v) is 4.27. The molecular formula is C8H7INO2Y-. The van der Waals surface area contributed by atoms with E-state index in [0.29, 0.717) is 0 Å². The Morgan fingerprint density at radius 2 is 2.31 bits per heavy atom. The van der Waals surface area contributed by atoms with Crippen molar-refractivity contribution in [3.8, 4) is 0 Å². The van der Waals surface area contributed by atoms with Crippen LogP contribution in [0.25, 0.3) is 0 Å². The van der Waals surface area contributed by atoms with Crippen molar-refractivity contribution in [2.45, 2.75) is 0 Å². The number of aliphatic carboxylic acids is 1. The summed E-state index contributed by atoms with van der Waals surface area (Å²) >= 11 is 2.04. The van der Waals surface area contributed by atoms with E-state index in [1.54, 1.807) is 18.0 Å². The zero-order valence-corrected chi connectivity index (χ0v) is 12.0. The average Bonchev–Trinajstić information content (AvgIpc) is 1.99. The predicted molar refractivity (Wildman–Crippen MR) is 53.4 cm³/mol. The van der Waals surface area contributed by atoms with E-state index in [-0.39, 0.29) is 38.3 Å². The summed E-state index contributed by atoms with van der Waals surface area (Å²) in [5.74, 6) is -0.969. The van der Waals surface area contributed by atoms with Crippen LogP contribution < -0.4 is 0 Å². The van der Waals surface area contributed by atoms with Gasteiger partial charge in [0.2, 0.25) is 5.97 Å². The Morgan fingerprint density at radius 1 is 1.77 bits per heavy atom. The van der Waals surface area contributed by atoms with Crippen LogP contribution in [0.5, 0.6) is 0 Å². The van der Waals surface area contributed by atoms with Crippen molar-refractivity contribution in [2.24, 2.45) is 0 Å². The maximum Gasteiger partial charge on any atom is 0.249 e. The van der Waals surface area contributed by atoms with Gasteiger partial charge in [-0.1, -0.05) is 28.8 Å². The maximum atomic E-state index is 10.5. The number of rotatable bonds is 1. The number of carboxylic acid groups (broad SMARTS) is 1. The fraction of sp³-hybridized carbons (Fsp3) is 0.125. The van der Waals surface area contributed by atoms with Crippen molar-refractivity contribution in [1.29, 1.82) is 0 Å². The molecule has 3 nitrogen and oxygen atoms in total. The second kappa shape index (κ2) is 5.27.